The van der Waals surface area contributed by atoms with Gasteiger partial charge in [0.15, 0.2) is 5.06 Å². The first kappa shape index (κ1) is 9.87. The molecule has 1 aromatic heterocycles. The van der Waals surface area contributed by atoms with Gasteiger partial charge in [0.2, 0.25) is 0 Å². The molecule has 0 atom stereocenters. The maximum absolute atomic E-state index is 5.56. The van der Waals surface area contributed by atoms with Crippen LogP contribution in [0.1, 0.15) is 12.5 Å². The fraction of sp³-hybridized carbons (Fsp3) is 0.273. The number of benzene rings is 1. The van der Waals surface area contributed by atoms with E-state index in [1.54, 1.807) is 11.3 Å². The molecule has 0 spiro atoms. The summed E-state index contributed by atoms with van der Waals surface area (Å²) >= 11 is 6.03. The second kappa shape index (κ2) is 3.83. The second-order valence-corrected chi connectivity index (χ2v) is 4.66. The molecule has 0 aliphatic heterocycles. The molecule has 1 nitrogen and oxygen atoms in total. The zero-order valence-electron chi connectivity index (χ0n) is 8.20. The minimum absolute atomic E-state index is 0.724. The number of fused-ring (bicyclic) bond motifs is 1. The topological polar surface area (TPSA) is 9.23 Å². The molecule has 1 aromatic carbocycles. The van der Waals surface area contributed by atoms with E-state index in [-0.39, 0.29) is 0 Å². The van der Waals surface area contributed by atoms with Crippen LogP contribution in [-0.4, -0.2) is 6.61 Å². The van der Waals surface area contributed by atoms with E-state index < -0.39 is 0 Å². The Labute approximate surface area is 93.1 Å². The molecule has 0 amide bonds. The van der Waals surface area contributed by atoms with E-state index in [0.717, 1.165) is 16.6 Å². The molecule has 0 bridgehead atoms. The average Bonchev–Trinajstić information content (AvgIpc) is 2.46. The summed E-state index contributed by atoms with van der Waals surface area (Å²) in [6.07, 6.45) is 0. The van der Waals surface area contributed by atoms with Crippen LogP contribution in [0.15, 0.2) is 23.1 Å². The molecular weight excluding hydrogens is 212 g/mol. The first-order chi connectivity index (χ1) is 6.72. The van der Waals surface area contributed by atoms with Crippen molar-refractivity contribution in [3.63, 3.8) is 0 Å². The summed E-state index contributed by atoms with van der Waals surface area (Å²) in [7, 11) is 0. The largest absolute Gasteiger partial charge is 0.484 e. The van der Waals surface area contributed by atoms with Gasteiger partial charge in [-0.1, -0.05) is 11.3 Å². The Hall–Kier alpha value is -0.670. The van der Waals surface area contributed by atoms with Crippen molar-refractivity contribution in [2.45, 2.75) is 18.7 Å². The zero-order valence-corrected chi connectivity index (χ0v) is 9.91. The van der Waals surface area contributed by atoms with E-state index >= 15 is 0 Å². The summed E-state index contributed by atoms with van der Waals surface area (Å²) in [5, 5.41) is 2.28. The number of ether oxygens (including phenoxy) is 1. The van der Waals surface area contributed by atoms with Crippen molar-refractivity contribution in [3.05, 3.63) is 23.8 Å². The summed E-state index contributed by atoms with van der Waals surface area (Å²) in [6, 6.07) is 6.20. The molecule has 0 saturated heterocycles. The highest BCUT2D eigenvalue weighted by Gasteiger charge is 2.08. The van der Waals surface area contributed by atoms with Gasteiger partial charge < -0.3 is 4.74 Å². The minimum Gasteiger partial charge on any atom is -0.484 e. The van der Waals surface area contributed by atoms with Crippen LogP contribution in [0.4, 0.5) is 0 Å². The van der Waals surface area contributed by atoms with Crippen molar-refractivity contribution in [1.82, 2.24) is 0 Å². The number of aryl methyl sites for hydroxylation is 1. The lowest BCUT2D eigenvalue weighted by Crippen LogP contribution is -1.89. The van der Waals surface area contributed by atoms with Crippen molar-refractivity contribution in [2.75, 3.05) is 6.61 Å². The summed E-state index contributed by atoms with van der Waals surface area (Å²) in [6.45, 7) is 4.83. The van der Waals surface area contributed by atoms with E-state index in [9.17, 15) is 0 Å². The Morgan fingerprint density at radius 2 is 2.21 bits per heavy atom. The Morgan fingerprint density at radius 3 is 2.93 bits per heavy atom. The number of thiol groups is 1. The molecule has 2 rings (SSSR count). The van der Waals surface area contributed by atoms with Gasteiger partial charge in [-0.25, -0.2) is 0 Å². The normalized spacial score (nSPS) is 10.8. The highest BCUT2D eigenvalue weighted by Crippen LogP contribution is 2.37. The quantitative estimate of drug-likeness (QED) is 0.761. The Morgan fingerprint density at radius 1 is 1.43 bits per heavy atom. The molecule has 0 aliphatic rings. The lowest BCUT2D eigenvalue weighted by atomic mass is 10.2. The SMILES string of the molecule is CCOc1sc2ccc(S)cc2c1C. The third-order valence-electron chi connectivity index (χ3n) is 2.15. The summed E-state index contributed by atoms with van der Waals surface area (Å²) in [5.41, 5.74) is 1.22. The molecule has 1 heterocycles. The van der Waals surface area contributed by atoms with Gasteiger partial charge in [0.25, 0.3) is 0 Å². The summed E-state index contributed by atoms with van der Waals surface area (Å²) < 4.78 is 6.82. The predicted molar refractivity (Wildman–Crippen MR) is 65.0 cm³/mol. The lowest BCUT2D eigenvalue weighted by molar-refractivity contribution is 0.348. The number of rotatable bonds is 2. The van der Waals surface area contributed by atoms with Crippen LogP contribution < -0.4 is 4.74 Å². The van der Waals surface area contributed by atoms with Gasteiger partial charge in [0.05, 0.1) is 6.61 Å². The fourth-order valence-corrected chi connectivity index (χ4v) is 2.76. The van der Waals surface area contributed by atoms with Crippen molar-refractivity contribution < 1.29 is 4.74 Å². The van der Waals surface area contributed by atoms with E-state index in [1.165, 1.54) is 15.6 Å². The van der Waals surface area contributed by atoms with E-state index in [4.69, 9.17) is 4.74 Å². The smallest absolute Gasteiger partial charge is 0.177 e. The van der Waals surface area contributed by atoms with E-state index in [0.29, 0.717) is 0 Å². The second-order valence-electron chi connectivity index (χ2n) is 3.13. The zero-order chi connectivity index (χ0) is 10.1. The fourth-order valence-electron chi connectivity index (χ4n) is 1.46. The third kappa shape index (κ3) is 1.62. The molecule has 0 radical (unpaired) electrons. The van der Waals surface area contributed by atoms with Crippen LogP contribution in [0, 0.1) is 6.92 Å². The van der Waals surface area contributed by atoms with E-state index in [1.807, 2.05) is 13.0 Å². The number of thiophene rings is 1. The Balaban J connectivity index is 2.62. The van der Waals surface area contributed by atoms with Crippen LogP contribution in [0.3, 0.4) is 0 Å². The van der Waals surface area contributed by atoms with Gasteiger partial charge in [-0.2, -0.15) is 0 Å². The van der Waals surface area contributed by atoms with E-state index in [2.05, 4.69) is 31.7 Å². The van der Waals surface area contributed by atoms with Crippen LogP contribution in [0.25, 0.3) is 10.1 Å². The maximum atomic E-state index is 5.56. The summed E-state index contributed by atoms with van der Waals surface area (Å²) in [5.74, 6) is 0. The molecule has 0 saturated carbocycles. The monoisotopic (exact) mass is 224 g/mol. The van der Waals surface area contributed by atoms with Gasteiger partial charge >= 0.3 is 0 Å². The molecule has 0 fully saturated rings. The molecule has 0 unspecified atom stereocenters. The first-order valence-electron chi connectivity index (χ1n) is 4.57. The molecule has 2 aromatic rings. The number of hydrogen-bond donors (Lipinski definition) is 1. The lowest BCUT2D eigenvalue weighted by Gasteiger charge is -1.99. The molecule has 14 heavy (non-hydrogen) atoms. The minimum atomic E-state index is 0.724. The standard InChI is InChI=1S/C11H12OS2/c1-3-12-11-7(2)9-6-8(13)4-5-10(9)14-11/h4-6,13H,3H2,1-2H3. The van der Waals surface area contributed by atoms with Gasteiger partial charge in [0, 0.05) is 20.5 Å². The number of hydrogen-bond acceptors (Lipinski definition) is 3. The van der Waals surface area contributed by atoms with Crippen LogP contribution in [-0.2, 0) is 0 Å². The van der Waals surface area contributed by atoms with Crippen LogP contribution in [0.2, 0.25) is 0 Å². The van der Waals surface area contributed by atoms with Crippen LogP contribution >= 0.6 is 24.0 Å². The van der Waals surface area contributed by atoms with Gasteiger partial charge in [0.1, 0.15) is 0 Å². The van der Waals surface area contributed by atoms with Gasteiger partial charge in [-0.3, -0.25) is 0 Å². The van der Waals surface area contributed by atoms with Crippen molar-refractivity contribution >= 4 is 34.1 Å². The first-order valence-corrected chi connectivity index (χ1v) is 5.83. The van der Waals surface area contributed by atoms with Gasteiger partial charge in [-0.15, -0.1) is 12.6 Å². The average molecular weight is 224 g/mol. The van der Waals surface area contributed by atoms with Crippen molar-refractivity contribution in [1.29, 1.82) is 0 Å². The van der Waals surface area contributed by atoms with Crippen molar-refractivity contribution in [3.8, 4) is 5.06 Å². The molecule has 0 N–H and O–H groups in total. The maximum Gasteiger partial charge on any atom is 0.177 e. The van der Waals surface area contributed by atoms with Crippen molar-refractivity contribution in [2.24, 2.45) is 0 Å². The molecule has 3 heteroatoms. The molecule has 74 valence electrons. The highest BCUT2D eigenvalue weighted by molar-refractivity contribution is 7.80. The molecule has 0 aliphatic carbocycles. The third-order valence-corrected chi connectivity index (χ3v) is 3.61. The Bertz CT molecular complexity index is 460. The van der Waals surface area contributed by atoms with Crippen LogP contribution in [0.5, 0.6) is 5.06 Å². The summed E-state index contributed by atoms with van der Waals surface area (Å²) in [4.78, 5) is 1.00. The van der Waals surface area contributed by atoms with Gasteiger partial charge in [-0.05, 0) is 32.0 Å². The Kier molecular flexibility index (Phi) is 2.70. The highest BCUT2D eigenvalue weighted by atomic mass is 32.1. The molecular formula is C11H12OS2. The predicted octanol–water partition coefficient (Wildman–Crippen LogP) is 3.90.